The summed E-state index contributed by atoms with van der Waals surface area (Å²) in [5, 5.41) is 2.94. The Morgan fingerprint density at radius 3 is 2.16 bits per heavy atom. The Bertz CT molecular complexity index is 483. The first-order chi connectivity index (χ1) is 8.87. The van der Waals surface area contributed by atoms with Gasteiger partial charge in [0.15, 0.2) is 0 Å². The Morgan fingerprint density at radius 2 is 1.68 bits per heavy atom. The van der Waals surface area contributed by atoms with Crippen LogP contribution in [-0.2, 0) is 16.6 Å². The van der Waals surface area contributed by atoms with Crippen LogP contribution in [0.1, 0.15) is 5.56 Å². The first-order valence-electron chi connectivity index (χ1n) is 6.22. The summed E-state index contributed by atoms with van der Waals surface area (Å²) in [7, 11) is 3.99. The van der Waals surface area contributed by atoms with Gasteiger partial charge in [0, 0.05) is 26.7 Å². The Labute approximate surface area is 116 Å². The van der Waals surface area contributed by atoms with Gasteiger partial charge in [-0.1, -0.05) is 12.1 Å². The van der Waals surface area contributed by atoms with E-state index in [9.17, 15) is 8.42 Å². The molecule has 0 bridgehead atoms. The Morgan fingerprint density at radius 1 is 1.11 bits per heavy atom. The molecule has 5 nitrogen and oxygen atoms in total. The molecule has 1 rings (SSSR count). The van der Waals surface area contributed by atoms with Crippen LogP contribution in [0.25, 0.3) is 0 Å². The van der Waals surface area contributed by atoms with Crippen LogP contribution in [0.3, 0.4) is 0 Å². The molecule has 0 spiro atoms. The van der Waals surface area contributed by atoms with Gasteiger partial charge in [0.05, 0.1) is 4.90 Å². The van der Waals surface area contributed by atoms with Crippen molar-refractivity contribution in [2.75, 3.05) is 41.3 Å². The van der Waals surface area contributed by atoms with Crippen molar-refractivity contribution in [3.05, 3.63) is 29.8 Å². The highest BCUT2D eigenvalue weighted by Gasteiger charge is 2.19. The molecule has 0 radical (unpaired) electrons. The summed E-state index contributed by atoms with van der Waals surface area (Å²) in [6, 6.07) is 7.06. The third kappa shape index (κ3) is 4.58. The van der Waals surface area contributed by atoms with E-state index in [0.29, 0.717) is 18.0 Å². The van der Waals surface area contributed by atoms with Gasteiger partial charge in [-0.2, -0.15) is 4.31 Å². The maximum atomic E-state index is 12.3. The van der Waals surface area contributed by atoms with Gasteiger partial charge in [-0.3, -0.25) is 0 Å². The fraction of sp³-hybridized carbons (Fsp3) is 0.538. The van der Waals surface area contributed by atoms with Crippen LogP contribution < -0.4 is 5.32 Å². The third-order valence-electron chi connectivity index (χ3n) is 2.81. The van der Waals surface area contributed by atoms with Crippen molar-refractivity contribution in [3.63, 3.8) is 0 Å². The van der Waals surface area contributed by atoms with Crippen molar-refractivity contribution in [3.8, 4) is 0 Å². The average Bonchev–Trinajstić information content (AvgIpc) is 2.35. The molecule has 108 valence electrons. The number of nitrogens with one attached hydrogen (secondary N) is 1. The monoisotopic (exact) mass is 285 g/mol. The molecular weight excluding hydrogens is 262 g/mol. The fourth-order valence-corrected chi connectivity index (χ4v) is 2.87. The number of hydrogen-bond acceptors (Lipinski definition) is 4. The molecule has 0 aromatic heterocycles. The maximum Gasteiger partial charge on any atom is 0.242 e. The SMILES string of the molecule is CNCCN(C)S(=O)(=O)c1ccc(CN(C)C)cc1. The van der Waals surface area contributed by atoms with Gasteiger partial charge in [-0.15, -0.1) is 0 Å². The van der Waals surface area contributed by atoms with Gasteiger partial charge >= 0.3 is 0 Å². The number of sulfonamides is 1. The van der Waals surface area contributed by atoms with E-state index in [0.717, 1.165) is 12.1 Å². The minimum atomic E-state index is -3.38. The Kier molecular flexibility index (Phi) is 5.93. The first kappa shape index (κ1) is 16.1. The number of rotatable bonds is 7. The van der Waals surface area contributed by atoms with Gasteiger partial charge in [0.25, 0.3) is 0 Å². The van der Waals surface area contributed by atoms with Gasteiger partial charge in [0.1, 0.15) is 0 Å². The van der Waals surface area contributed by atoms with Crippen molar-refractivity contribution in [1.82, 2.24) is 14.5 Å². The summed E-state index contributed by atoms with van der Waals surface area (Å²) in [6.07, 6.45) is 0. The van der Waals surface area contributed by atoms with E-state index in [1.54, 1.807) is 26.2 Å². The second-order valence-electron chi connectivity index (χ2n) is 4.81. The van der Waals surface area contributed by atoms with Crippen molar-refractivity contribution >= 4 is 10.0 Å². The van der Waals surface area contributed by atoms with Crippen LogP contribution >= 0.6 is 0 Å². The van der Waals surface area contributed by atoms with Crippen molar-refractivity contribution < 1.29 is 8.42 Å². The zero-order valence-electron chi connectivity index (χ0n) is 12.0. The number of likely N-dealkylation sites (N-methyl/N-ethyl adjacent to an activating group) is 2. The zero-order chi connectivity index (χ0) is 14.5. The van der Waals surface area contributed by atoms with Gasteiger partial charge in [0.2, 0.25) is 10.0 Å². The second-order valence-corrected chi connectivity index (χ2v) is 6.86. The standard InChI is InChI=1S/C13H23N3O2S/c1-14-9-10-16(4)19(17,18)13-7-5-12(6-8-13)11-15(2)3/h5-8,14H,9-11H2,1-4H3. The van der Waals surface area contributed by atoms with Gasteiger partial charge in [-0.05, 0) is 38.8 Å². The van der Waals surface area contributed by atoms with Crippen LogP contribution in [0.2, 0.25) is 0 Å². The second kappa shape index (κ2) is 7.00. The number of nitrogens with zero attached hydrogens (tertiary/aromatic N) is 2. The molecule has 0 aliphatic carbocycles. The zero-order valence-corrected chi connectivity index (χ0v) is 12.9. The molecule has 0 amide bonds. The van der Waals surface area contributed by atoms with Crippen LogP contribution in [0.5, 0.6) is 0 Å². The summed E-state index contributed by atoms with van der Waals surface area (Å²) in [4.78, 5) is 2.39. The molecule has 1 N–H and O–H groups in total. The Hall–Kier alpha value is -0.950. The number of benzene rings is 1. The van der Waals surface area contributed by atoms with E-state index < -0.39 is 10.0 Å². The molecular formula is C13H23N3O2S. The molecule has 19 heavy (non-hydrogen) atoms. The third-order valence-corrected chi connectivity index (χ3v) is 4.68. The lowest BCUT2D eigenvalue weighted by Gasteiger charge is -2.17. The van der Waals surface area contributed by atoms with E-state index in [-0.39, 0.29) is 0 Å². The molecule has 0 heterocycles. The lowest BCUT2D eigenvalue weighted by molar-refractivity contribution is 0.402. The highest BCUT2D eigenvalue weighted by Crippen LogP contribution is 2.15. The van der Waals surface area contributed by atoms with Crippen LogP contribution in [0.15, 0.2) is 29.2 Å². The molecule has 0 atom stereocenters. The summed E-state index contributed by atoms with van der Waals surface area (Å²) >= 11 is 0. The van der Waals surface area contributed by atoms with E-state index >= 15 is 0 Å². The molecule has 1 aromatic rings. The van der Waals surface area contributed by atoms with Crippen molar-refractivity contribution in [2.45, 2.75) is 11.4 Å². The molecule has 0 saturated carbocycles. The Balaban J connectivity index is 2.84. The summed E-state index contributed by atoms with van der Waals surface area (Å²) in [5.41, 5.74) is 1.10. The molecule has 6 heteroatoms. The topological polar surface area (TPSA) is 52.7 Å². The molecule has 0 aliphatic heterocycles. The smallest absolute Gasteiger partial charge is 0.242 e. The quantitative estimate of drug-likeness (QED) is 0.796. The predicted molar refractivity (Wildman–Crippen MR) is 77.6 cm³/mol. The lowest BCUT2D eigenvalue weighted by atomic mass is 10.2. The van der Waals surface area contributed by atoms with Crippen LogP contribution in [0, 0.1) is 0 Å². The minimum Gasteiger partial charge on any atom is -0.318 e. The summed E-state index contributed by atoms with van der Waals surface area (Å²) < 4.78 is 25.9. The average molecular weight is 285 g/mol. The normalized spacial score (nSPS) is 12.3. The minimum absolute atomic E-state index is 0.341. The summed E-state index contributed by atoms with van der Waals surface area (Å²) in [6.45, 7) is 1.89. The van der Waals surface area contributed by atoms with E-state index in [4.69, 9.17) is 0 Å². The number of hydrogen-bond donors (Lipinski definition) is 1. The van der Waals surface area contributed by atoms with Gasteiger partial charge in [-0.25, -0.2) is 8.42 Å². The van der Waals surface area contributed by atoms with Gasteiger partial charge < -0.3 is 10.2 Å². The van der Waals surface area contributed by atoms with E-state index in [1.165, 1.54) is 4.31 Å². The molecule has 1 aromatic carbocycles. The van der Waals surface area contributed by atoms with E-state index in [1.807, 2.05) is 31.1 Å². The lowest BCUT2D eigenvalue weighted by Crippen LogP contribution is -2.32. The largest absolute Gasteiger partial charge is 0.318 e. The predicted octanol–water partition coefficient (Wildman–Crippen LogP) is 0.588. The summed E-state index contributed by atoms with van der Waals surface area (Å²) in [5.74, 6) is 0. The molecule has 0 fully saturated rings. The van der Waals surface area contributed by atoms with E-state index in [2.05, 4.69) is 5.32 Å². The fourth-order valence-electron chi connectivity index (χ4n) is 1.70. The van der Waals surface area contributed by atoms with Crippen molar-refractivity contribution in [2.24, 2.45) is 0 Å². The first-order valence-corrected chi connectivity index (χ1v) is 7.66. The molecule has 0 saturated heterocycles. The highest BCUT2D eigenvalue weighted by molar-refractivity contribution is 7.89. The highest BCUT2D eigenvalue weighted by atomic mass is 32.2. The molecule has 0 aliphatic rings. The van der Waals surface area contributed by atoms with Crippen molar-refractivity contribution in [1.29, 1.82) is 0 Å². The van der Waals surface area contributed by atoms with Crippen LogP contribution in [0.4, 0.5) is 0 Å². The maximum absolute atomic E-state index is 12.3. The van der Waals surface area contributed by atoms with Crippen LogP contribution in [-0.4, -0.2) is 58.9 Å². The molecule has 0 unspecified atom stereocenters.